The standard InChI is InChI=1S/C26H25N5O19S6.4Na/c27-23-22-15(13-20(55(41,42)43)24(23)30-28-16-1-5-18(6-2-16)53(37,38)11-9-51(35)49-47-33)14-21(56(44,45)46)25(26(22)32)31-29-17-3-7-19(8-4-17)54(39,40)12-10-52(36)50-48-34;;;;/h1-8,13-14,32-34H,9-12,27H2,(H,41,42,43)(H,44,45,46);;;;/q;4*+1/p-4. The zero-order chi connectivity index (χ0) is 41.6. The molecule has 2 unspecified atom stereocenters. The predicted octanol–water partition coefficient (Wildman–Crippen LogP) is -11.9. The summed E-state index contributed by atoms with van der Waals surface area (Å²) in [6.07, 6.45) is 0. The first-order chi connectivity index (χ1) is 26.1. The SMILES string of the molecule is Nc1c(N=Nc2ccc(S(=O)(=O)CCS(=O)OO[O-])cc2)c(S(=O)(=O)[O-])cc2cc(S(=O)(=O)[O-])c(N=Nc3ccc(S(=O)(=O)CCS(=O)OO[O-])cc3)c(O)c12.[Na+].[Na+].[Na+].[Na+]. The minimum absolute atomic E-state index is 0. The molecule has 4 aromatic rings. The third-order valence-corrected chi connectivity index (χ3v) is 14.2. The van der Waals surface area contributed by atoms with E-state index in [1.165, 1.54) is 0 Å². The van der Waals surface area contributed by atoms with Crippen molar-refractivity contribution < 1.29 is 204 Å². The van der Waals surface area contributed by atoms with Crippen LogP contribution >= 0.6 is 0 Å². The van der Waals surface area contributed by atoms with Crippen LogP contribution < -0.4 is 134 Å². The summed E-state index contributed by atoms with van der Waals surface area (Å²) in [4.78, 5) is -3.06. The van der Waals surface area contributed by atoms with E-state index in [-0.39, 0.29) is 139 Å². The molecule has 24 nitrogen and oxygen atoms in total. The molecule has 0 aliphatic heterocycles. The van der Waals surface area contributed by atoms with E-state index in [1.54, 1.807) is 0 Å². The van der Waals surface area contributed by atoms with Crippen molar-refractivity contribution in [2.75, 3.05) is 28.7 Å². The van der Waals surface area contributed by atoms with Crippen LogP contribution in [0.2, 0.25) is 0 Å². The molecule has 0 spiro atoms. The number of azo groups is 2. The fourth-order valence-electron chi connectivity index (χ4n) is 4.47. The van der Waals surface area contributed by atoms with Crippen LogP contribution in [-0.2, 0) is 80.8 Å². The normalized spacial score (nSPS) is 13.2. The van der Waals surface area contributed by atoms with Gasteiger partial charge in [0.2, 0.25) is 0 Å². The first-order valence-electron chi connectivity index (χ1n) is 14.3. The van der Waals surface area contributed by atoms with E-state index in [9.17, 15) is 66.8 Å². The molecule has 0 fully saturated rings. The second kappa shape index (κ2) is 25.4. The summed E-state index contributed by atoms with van der Waals surface area (Å²) in [6, 6.07) is 9.49. The number of sulfone groups is 2. The summed E-state index contributed by atoms with van der Waals surface area (Å²) in [5, 5.41) is 50.6. The Morgan fingerprint density at radius 1 is 0.600 bits per heavy atom. The Morgan fingerprint density at radius 3 is 1.30 bits per heavy atom. The Morgan fingerprint density at radius 2 is 0.950 bits per heavy atom. The Hall–Kier alpha value is -0.280. The van der Waals surface area contributed by atoms with Crippen LogP contribution in [0.25, 0.3) is 10.8 Å². The van der Waals surface area contributed by atoms with Gasteiger partial charge in [-0.3, -0.25) is 10.1 Å². The Balaban J connectivity index is 0.00000870. The molecular formula is C26H21N5Na4O19S6. The summed E-state index contributed by atoms with van der Waals surface area (Å²) in [5.74, 6) is -3.88. The van der Waals surface area contributed by atoms with Gasteiger partial charge >= 0.3 is 118 Å². The van der Waals surface area contributed by atoms with Crippen molar-refractivity contribution in [2.24, 2.45) is 20.5 Å². The van der Waals surface area contributed by atoms with Crippen LogP contribution in [0.3, 0.4) is 0 Å². The number of nitrogens with zero attached hydrogens (tertiary/aromatic N) is 4. The number of aromatic hydroxyl groups is 1. The molecule has 0 aromatic heterocycles. The van der Waals surface area contributed by atoms with Gasteiger partial charge in [0.1, 0.15) is 31.6 Å². The molecule has 0 amide bonds. The van der Waals surface area contributed by atoms with E-state index < -0.39 is 128 Å². The second-order valence-corrected chi connectivity index (χ2v) is 19.7. The Bertz CT molecular complexity index is 2530. The molecule has 0 saturated heterocycles. The van der Waals surface area contributed by atoms with E-state index in [4.69, 9.17) is 5.73 Å². The van der Waals surface area contributed by atoms with Crippen LogP contribution in [0.1, 0.15) is 0 Å². The number of anilines is 1. The first-order valence-corrected chi connectivity index (χ1v) is 22.9. The van der Waals surface area contributed by atoms with Gasteiger partial charge in [0.15, 0.2) is 47.6 Å². The van der Waals surface area contributed by atoms with Gasteiger partial charge in [-0.1, -0.05) is 0 Å². The molecule has 0 bridgehead atoms. The number of nitrogens with two attached hydrogens (primary N) is 1. The Labute approximate surface area is 434 Å². The summed E-state index contributed by atoms with van der Waals surface area (Å²) < 4.78 is 154. The van der Waals surface area contributed by atoms with Gasteiger partial charge in [-0.15, -0.1) is 18.9 Å². The van der Waals surface area contributed by atoms with Crippen molar-refractivity contribution in [1.29, 1.82) is 0 Å². The van der Waals surface area contributed by atoms with Crippen molar-refractivity contribution in [3.05, 3.63) is 60.7 Å². The molecule has 2 atom stereocenters. The molecule has 4 aromatic carbocycles. The third kappa shape index (κ3) is 16.0. The molecular weight excluding hydrogens is 971 g/mol. The molecule has 0 aliphatic carbocycles. The third-order valence-electron chi connectivity index (χ3n) is 7.02. The van der Waals surface area contributed by atoms with Crippen molar-refractivity contribution in [2.45, 2.75) is 19.6 Å². The quantitative estimate of drug-likeness (QED) is 0.0233. The van der Waals surface area contributed by atoms with Crippen LogP contribution in [0.5, 0.6) is 5.75 Å². The molecule has 4 rings (SSSR count). The minimum atomic E-state index is -5.54. The van der Waals surface area contributed by atoms with Gasteiger partial charge in [0.05, 0.1) is 65.0 Å². The van der Waals surface area contributed by atoms with E-state index in [2.05, 4.69) is 39.2 Å². The van der Waals surface area contributed by atoms with E-state index >= 15 is 0 Å². The molecule has 60 heavy (non-hydrogen) atoms. The molecule has 0 radical (unpaired) electrons. The minimum Gasteiger partial charge on any atom is -0.744 e. The number of rotatable bonds is 18. The predicted molar refractivity (Wildman–Crippen MR) is 182 cm³/mol. The van der Waals surface area contributed by atoms with Crippen molar-refractivity contribution in [3.8, 4) is 5.75 Å². The van der Waals surface area contributed by atoms with Crippen LogP contribution in [-0.4, -0.2) is 79.3 Å². The number of phenolic OH excluding ortho intramolecular Hbond substituents is 1. The number of fused-ring (bicyclic) bond motifs is 1. The average Bonchev–Trinajstić information content (AvgIpc) is 3.12. The van der Waals surface area contributed by atoms with E-state index in [0.29, 0.717) is 12.1 Å². The molecule has 3 N–H and O–H groups in total. The molecule has 0 saturated carbocycles. The van der Waals surface area contributed by atoms with Crippen LogP contribution in [0.4, 0.5) is 28.4 Å². The van der Waals surface area contributed by atoms with Gasteiger partial charge in [-0.2, -0.15) is 10.2 Å². The fraction of sp³-hybridized carbons (Fsp3) is 0.154. The van der Waals surface area contributed by atoms with E-state index in [0.717, 1.165) is 48.5 Å². The number of benzene rings is 4. The maximum Gasteiger partial charge on any atom is 1.00 e. The van der Waals surface area contributed by atoms with Gasteiger partial charge in [-0.05, 0) is 66.0 Å². The maximum absolute atomic E-state index is 12.5. The average molecular weight is 992 g/mol. The smallest absolute Gasteiger partial charge is 0.744 e. The number of phenols is 1. The van der Waals surface area contributed by atoms with Gasteiger partial charge in [0.25, 0.3) is 0 Å². The van der Waals surface area contributed by atoms with Gasteiger partial charge < -0.3 is 30.5 Å². The van der Waals surface area contributed by atoms with Gasteiger partial charge in [0, 0.05) is 0 Å². The fourth-order valence-corrected chi connectivity index (χ4v) is 10.5. The second-order valence-electron chi connectivity index (χ2n) is 10.5. The number of hydrogen-bond donors (Lipinski definition) is 2. The number of nitrogen functional groups attached to an aromatic ring is 1. The monoisotopic (exact) mass is 991 g/mol. The summed E-state index contributed by atoms with van der Waals surface area (Å²) in [6.45, 7) is 0. The molecule has 34 heteroatoms. The molecule has 304 valence electrons. The van der Waals surface area contributed by atoms with Crippen molar-refractivity contribution in [3.63, 3.8) is 0 Å². The number of hydrogen-bond acceptors (Lipinski definition) is 24. The summed E-state index contributed by atoms with van der Waals surface area (Å²) in [5.41, 5.74) is 3.12. The maximum atomic E-state index is 12.5. The van der Waals surface area contributed by atoms with Crippen molar-refractivity contribution in [1.82, 2.24) is 0 Å². The van der Waals surface area contributed by atoms with Gasteiger partial charge in [-0.25, -0.2) is 42.1 Å². The largest absolute Gasteiger partial charge is 1.00 e. The summed E-state index contributed by atoms with van der Waals surface area (Å²) in [7, 11) is -19.2. The topological polar surface area (TPSA) is 396 Å². The van der Waals surface area contributed by atoms with Crippen LogP contribution in [0, 0.1) is 0 Å². The first kappa shape index (κ1) is 59.7. The Kier molecular flexibility index (Phi) is 25.3. The zero-order valence-electron chi connectivity index (χ0n) is 31.2. The van der Waals surface area contributed by atoms with E-state index in [1.807, 2.05) is 0 Å². The van der Waals surface area contributed by atoms with Crippen molar-refractivity contribution >= 4 is 101 Å². The molecule has 0 aliphatic rings. The zero-order valence-corrected chi connectivity index (χ0v) is 44.1. The molecule has 0 heterocycles. The van der Waals surface area contributed by atoms with Crippen LogP contribution in [0.15, 0.2) is 101 Å². The summed E-state index contributed by atoms with van der Waals surface area (Å²) >= 11 is -4.73.